The molecule has 1 atom stereocenters. The molecule has 0 fully saturated rings. The second-order valence-corrected chi connectivity index (χ2v) is 6.58. The largest absolute Gasteiger partial charge is 0.497 e. The molecule has 0 radical (unpaired) electrons. The van der Waals surface area contributed by atoms with Gasteiger partial charge in [-0.05, 0) is 68.8 Å². The van der Waals surface area contributed by atoms with E-state index in [-0.39, 0.29) is 11.9 Å². The molecule has 6 heteroatoms. The minimum Gasteiger partial charge on any atom is -0.497 e. The van der Waals surface area contributed by atoms with Crippen molar-refractivity contribution in [3.8, 4) is 17.2 Å². The standard InChI is InChI=1S/C23H26O6/c1-15(2)28-20-12-6-17(14-21(20)27-5)7-13-22(24)29-16(3)23(25)18-8-10-19(26-4)11-9-18/h6-16H,1-5H3/b13-7+/t16-/m0/s1. The summed E-state index contributed by atoms with van der Waals surface area (Å²) in [7, 11) is 3.10. The van der Waals surface area contributed by atoms with Crippen LogP contribution in [0.2, 0.25) is 0 Å². The van der Waals surface area contributed by atoms with E-state index < -0.39 is 12.1 Å². The number of carbonyl (C=O) groups excluding carboxylic acids is 2. The molecule has 0 aliphatic heterocycles. The number of benzene rings is 2. The van der Waals surface area contributed by atoms with E-state index in [1.54, 1.807) is 69.7 Å². The van der Waals surface area contributed by atoms with E-state index >= 15 is 0 Å². The van der Waals surface area contributed by atoms with Crippen LogP contribution in [0.15, 0.2) is 48.5 Å². The van der Waals surface area contributed by atoms with Crippen molar-refractivity contribution >= 4 is 17.8 Å². The summed E-state index contributed by atoms with van der Waals surface area (Å²) in [5.41, 5.74) is 1.18. The Kier molecular flexibility index (Phi) is 7.83. The summed E-state index contributed by atoms with van der Waals surface area (Å²) < 4.78 is 21.3. The Morgan fingerprint density at radius 2 is 1.59 bits per heavy atom. The van der Waals surface area contributed by atoms with Crippen molar-refractivity contribution in [1.82, 2.24) is 0 Å². The van der Waals surface area contributed by atoms with Crippen LogP contribution in [-0.4, -0.2) is 38.2 Å². The Hall–Kier alpha value is -3.28. The van der Waals surface area contributed by atoms with Gasteiger partial charge in [0.2, 0.25) is 5.78 Å². The number of Topliss-reactive ketones (excluding diaryl/α,β-unsaturated/α-hetero) is 1. The van der Waals surface area contributed by atoms with E-state index in [1.165, 1.54) is 6.08 Å². The molecule has 0 aliphatic rings. The molecular formula is C23H26O6. The molecule has 154 valence electrons. The lowest BCUT2D eigenvalue weighted by Gasteiger charge is -2.13. The van der Waals surface area contributed by atoms with Gasteiger partial charge in [0.15, 0.2) is 17.6 Å². The molecule has 0 amide bonds. The zero-order chi connectivity index (χ0) is 21.4. The van der Waals surface area contributed by atoms with Gasteiger partial charge in [-0.3, -0.25) is 4.79 Å². The molecule has 0 aliphatic carbocycles. The predicted molar refractivity (Wildman–Crippen MR) is 111 cm³/mol. The zero-order valence-electron chi connectivity index (χ0n) is 17.3. The number of rotatable bonds is 9. The van der Waals surface area contributed by atoms with Crippen molar-refractivity contribution in [2.45, 2.75) is 33.0 Å². The van der Waals surface area contributed by atoms with Crippen molar-refractivity contribution in [2.75, 3.05) is 14.2 Å². The highest BCUT2D eigenvalue weighted by atomic mass is 16.5. The number of hydrogen-bond acceptors (Lipinski definition) is 6. The first-order chi connectivity index (χ1) is 13.8. The van der Waals surface area contributed by atoms with E-state index in [0.29, 0.717) is 22.8 Å². The van der Waals surface area contributed by atoms with Crippen molar-refractivity contribution in [3.63, 3.8) is 0 Å². The van der Waals surface area contributed by atoms with Gasteiger partial charge >= 0.3 is 5.97 Å². The lowest BCUT2D eigenvalue weighted by molar-refractivity contribution is -0.140. The summed E-state index contributed by atoms with van der Waals surface area (Å²) in [6.45, 7) is 5.40. The highest BCUT2D eigenvalue weighted by molar-refractivity contribution is 6.01. The van der Waals surface area contributed by atoms with Gasteiger partial charge in [-0.15, -0.1) is 0 Å². The Balaban J connectivity index is 2.00. The van der Waals surface area contributed by atoms with Gasteiger partial charge in [0.05, 0.1) is 20.3 Å². The van der Waals surface area contributed by atoms with Crippen LogP contribution in [-0.2, 0) is 9.53 Å². The van der Waals surface area contributed by atoms with E-state index in [1.807, 2.05) is 13.8 Å². The summed E-state index contributed by atoms with van der Waals surface area (Å²) in [4.78, 5) is 24.5. The number of ether oxygens (including phenoxy) is 4. The molecule has 29 heavy (non-hydrogen) atoms. The maximum atomic E-state index is 12.4. The summed E-state index contributed by atoms with van der Waals surface area (Å²) >= 11 is 0. The fourth-order valence-electron chi connectivity index (χ4n) is 2.56. The number of hydrogen-bond donors (Lipinski definition) is 0. The van der Waals surface area contributed by atoms with Crippen LogP contribution in [0.4, 0.5) is 0 Å². The normalized spacial score (nSPS) is 11.9. The molecule has 0 heterocycles. The molecule has 6 nitrogen and oxygen atoms in total. The Morgan fingerprint density at radius 1 is 0.897 bits per heavy atom. The molecule has 0 saturated heterocycles. The predicted octanol–water partition coefficient (Wildman–Crippen LogP) is 4.32. The van der Waals surface area contributed by atoms with Gasteiger partial charge in [0, 0.05) is 11.6 Å². The first-order valence-corrected chi connectivity index (χ1v) is 9.25. The Labute approximate surface area is 171 Å². The molecule has 2 aromatic carbocycles. The molecule has 0 bridgehead atoms. The van der Waals surface area contributed by atoms with Gasteiger partial charge in [0.25, 0.3) is 0 Å². The highest BCUT2D eigenvalue weighted by Gasteiger charge is 2.18. The molecule has 0 N–H and O–H groups in total. The number of carbonyl (C=O) groups is 2. The van der Waals surface area contributed by atoms with Gasteiger partial charge < -0.3 is 18.9 Å². The summed E-state index contributed by atoms with van der Waals surface area (Å²) in [5.74, 6) is 0.944. The first-order valence-electron chi connectivity index (χ1n) is 9.25. The molecule has 0 spiro atoms. The van der Waals surface area contributed by atoms with Gasteiger partial charge in [-0.2, -0.15) is 0 Å². The van der Waals surface area contributed by atoms with E-state index in [2.05, 4.69) is 0 Å². The first kappa shape index (κ1) is 22.0. The molecule has 0 unspecified atom stereocenters. The van der Waals surface area contributed by atoms with E-state index in [9.17, 15) is 9.59 Å². The average Bonchev–Trinajstić information content (AvgIpc) is 2.72. The van der Waals surface area contributed by atoms with Gasteiger partial charge in [-0.1, -0.05) is 6.07 Å². The van der Waals surface area contributed by atoms with Crippen LogP contribution < -0.4 is 14.2 Å². The lowest BCUT2D eigenvalue weighted by atomic mass is 10.1. The second-order valence-electron chi connectivity index (χ2n) is 6.58. The number of methoxy groups -OCH3 is 2. The zero-order valence-corrected chi connectivity index (χ0v) is 17.3. The van der Waals surface area contributed by atoms with E-state index in [4.69, 9.17) is 18.9 Å². The molecule has 0 saturated carbocycles. The third kappa shape index (κ3) is 6.38. The maximum absolute atomic E-state index is 12.4. The van der Waals surface area contributed by atoms with Crippen molar-refractivity contribution in [2.24, 2.45) is 0 Å². The monoisotopic (exact) mass is 398 g/mol. The molecular weight excluding hydrogens is 372 g/mol. The molecule has 0 aromatic heterocycles. The summed E-state index contributed by atoms with van der Waals surface area (Å²) in [6.07, 6.45) is 1.98. The van der Waals surface area contributed by atoms with Crippen LogP contribution in [0.5, 0.6) is 17.2 Å². The van der Waals surface area contributed by atoms with Crippen molar-refractivity contribution in [1.29, 1.82) is 0 Å². The smallest absolute Gasteiger partial charge is 0.331 e. The van der Waals surface area contributed by atoms with Gasteiger partial charge in [-0.25, -0.2) is 4.79 Å². The summed E-state index contributed by atoms with van der Waals surface area (Å²) in [6, 6.07) is 12.0. The van der Waals surface area contributed by atoms with Crippen LogP contribution in [0.1, 0.15) is 36.7 Å². The van der Waals surface area contributed by atoms with E-state index in [0.717, 1.165) is 5.56 Å². The minimum atomic E-state index is -0.906. The second kappa shape index (κ2) is 10.3. The van der Waals surface area contributed by atoms with Gasteiger partial charge in [0.1, 0.15) is 5.75 Å². The van der Waals surface area contributed by atoms with Crippen LogP contribution >= 0.6 is 0 Å². The lowest BCUT2D eigenvalue weighted by Crippen LogP contribution is -2.23. The maximum Gasteiger partial charge on any atom is 0.331 e. The Bertz CT molecular complexity index is 867. The Morgan fingerprint density at radius 3 is 2.17 bits per heavy atom. The van der Waals surface area contributed by atoms with Crippen molar-refractivity contribution < 1.29 is 28.5 Å². The topological polar surface area (TPSA) is 71.1 Å². The van der Waals surface area contributed by atoms with Crippen LogP contribution in [0.25, 0.3) is 6.08 Å². The third-order valence-electron chi connectivity index (χ3n) is 4.00. The van der Waals surface area contributed by atoms with Crippen molar-refractivity contribution in [3.05, 3.63) is 59.7 Å². The number of ketones is 1. The quantitative estimate of drug-likeness (QED) is 0.356. The fraction of sp³-hybridized carbons (Fsp3) is 0.304. The average molecular weight is 398 g/mol. The highest BCUT2D eigenvalue weighted by Crippen LogP contribution is 2.29. The summed E-state index contributed by atoms with van der Waals surface area (Å²) in [5, 5.41) is 0. The van der Waals surface area contributed by atoms with Crippen LogP contribution in [0, 0.1) is 0 Å². The third-order valence-corrected chi connectivity index (χ3v) is 4.00. The minimum absolute atomic E-state index is 0.0185. The fourth-order valence-corrected chi connectivity index (χ4v) is 2.56. The molecule has 2 rings (SSSR count). The SMILES string of the molecule is COc1ccc(C(=O)[C@H](C)OC(=O)/C=C/c2ccc(OC(C)C)c(OC)c2)cc1. The number of esters is 1. The van der Waals surface area contributed by atoms with Crippen LogP contribution in [0.3, 0.4) is 0 Å². The molecule has 2 aromatic rings.